The second-order valence-electron chi connectivity index (χ2n) is 9.09. The van der Waals surface area contributed by atoms with Crippen LogP contribution in [-0.4, -0.2) is 11.0 Å². The van der Waals surface area contributed by atoms with Gasteiger partial charge in [0.05, 0.1) is 0 Å². The highest BCUT2D eigenvalue weighted by Crippen LogP contribution is 2.35. The highest BCUT2D eigenvalue weighted by molar-refractivity contribution is 6.00. The van der Waals surface area contributed by atoms with Gasteiger partial charge in [0.15, 0.2) is 0 Å². The Balaban J connectivity index is 1.43. The van der Waals surface area contributed by atoms with Crippen molar-refractivity contribution in [1.82, 2.24) is 4.98 Å². The maximum absolute atomic E-state index is 12.8. The standard InChI is InChI=1S/C29H29N3O3/c1-29(2,3)24-15-7-8-17-26(24)35-27-25(16-10-18-30-27)32-28(33)31-22-13-9-14-23(19-22)34-20-21-11-5-4-6-12-21/h4-19H,20H2,1-3H3,(H2,31,32,33). The Morgan fingerprint density at radius 1 is 0.857 bits per heavy atom. The van der Waals surface area contributed by atoms with Crippen molar-refractivity contribution in [2.75, 3.05) is 10.6 Å². The van der Waals surface area contributed by atoms with E-state index in [9.17, 15) is 4.79 Å². The molecule has 2 amide bonds. The highest BCUT2D eigenvalue weighted by atomic mass is 16.5. The van der Waals surface area contributed by atoms with Crippen LogP contribution in [0.1, 0.15) is 31.9 Å². The number of nitrogens with one attached hydrogen (secondary N) is 2. The number of rotatable bonds is 7. The van der Waals surface area contributed by atoms with Crippen LogP contribution in [0.15, 0.2) is 97.2 Å². The summed E-state index contributed by atoms with van der Waals surface area (Å²) in [5.74, 6) is 1.68. The summed E-state index contributed by atoms with van der Waals surface area (Å²) in [4.78, 5) is 17.1. The molecule has 0 fully saturated rings. The van der Waals surface area contributed by atoms with E-state index in [1.807, 2.05) is 66.7 Å². The summed E-state index contributed by atoms with van der Waals surface area (Å²) < 4.78 is 12.0. The zero-order chi connectivity index (χ0) is 24.7. The molecule has 35 heavy (non-hydrogen) atoms. The van der Waals surface area contributed by atoms with Gasteiger partial charge in [0.2, 0.25) is 5.88 Å². The van der Waals surface area contributed by atoms with Gasteiger partial charge < -0.3 is 20.1 Å². The molecule has 0 bridgehead atoms. The second kappa shape index (κ2) is 10.7. The van der Waals surface area contributed by atoms with Crippen molar-refractivity contribution in [3.63, 3.8) is 0 Å². The third-order valence-electron chi connectivity index (χ3n) is 5.26. The number of amides is 2. The van der Waals surface area contributed by atoms with Crippen LogP contribution in [0.5, 0.6) is 17.4 Å². The van der Waals surface area contributed by atoms with Crippen molar-refractivity contribution in [1.29, 1.82) is 0 Å². The molecular weight excluding hydrogens is 438 g/mol. The van der Waals surface area contributed by atoms with Crippen LogP contribution in [0, 0.1) is 0 Å². The van der Waals surface area contributed by atoms with Gasteiger partial charge in [-0.25, -0.2) is 9.78 Å². The number of para-hydroxylation sites is 1. The molecule has 4 rings (SSSR count). The summed E-state index contributed by atoms with van der Waals surface area (Å²) >= 11 is 0. The van der Waals surface area contributed by atoms with Crippen LogP contribution in [0.4, 0.5) is 16.2 Å². The average molecular weight is 468 g/mol. The van der Waals surface area contributed by atoms with Gasteiger partial charge in [0.25, 0.3) is 0 Å². The summed E-state index contributed by atoms with van der Waals surface area (Å²) in [6.07, 6.45) is 1.63. The molecule has 0 aliphatic rings. The van der Waals surface area contributed by atoms with Crippen LogP contribution < -0.4 is 20.1 Å². The predicted molar refractivity (Wildman–Crippen MR) is 139 cm³/mol. The quantitative estimate of drug-likeness (QED) is 0.297. The van der Waals surface area contributed by atoms with E-state index in [-0.39, 0.29) is 5.41 Å². The van der Waals surface area contributed by atoms with Crippen molar-refractivity contribution in [2.45, 2.75) is 32.8 Å². The monoisotopic (exact) mass is 467 g/mol. The van der Waals surface area contributed by atoms with E-state index in [1.165, 1.54) is 0 Å². The van der Waals surface area contributed by atoms with Gasteiger partial charge in [-0.2, -0.15) is 0 Å². The Labute approximate surface area is 206 Å². The van der Waals surface area contributed by atoms with Gasteiger partial charge in [0, 0.05) is 23.5 Å². The molecule has 0 atom stereocenters. The van der Waals surface area contributed by atoms with Crippen LogP contribution in [0.2, 0.25) is 0 Å². The van der Waals surface area contributed by atoms with E-state index in [0.717, 1.165) is 11.1 Å². The van der Waals surface area contributed by atoms with Crippen molar-refractivity contribution >= 4 is 17.4 Å². The van der Waals surface area contributed by atoms with Crippen molar-refractivity contribution in [3.8, 4) is 17.4 Å². The number of urea groups is 1. The highest BCUT2D eigenvalue weighted by Gasteiger charge is 2.20. The zero-order valence-corrected chi connectivity index (χ0v) is 20.1. The Bertz CT molecular complexity index is 1280. The predicted octanol–water partition coefficient (Wildman–Crippen LogP) is 7.39. The van der Waals surface area contributed by atoms with Gasteiger partial charge in [-0.3, -0.25) is 0 Å². The molecule has 178 valence electrons. The Kier molecular flexibility index (Phi) is 7.31. The summed E-state index contributed by atoms with van der Waals surface area (Å²) in [6.45, 7) is 6.82. The smallest absolute Gasteiger partial charge is 0.323 e. The first-order valence-electron chi connectivity index (χ1n) is 11.5. The first-order valence-corrected chi connectivity index (χ1v) is 11.5. The molecule has 4 aromatic rings. The fraction of sp³-hybridized carbons (Fsp3) is 0.172. The van der Waals surface area contributed by atoms with Crippen LogP contribution in [-0.2, 0) is 12.0 Å². The molecule has 0 unspecified atom stereocenters. The van der Waals surface area contributed by atoms with Crippen LogP contribution in [0.25, 0.3) is 0 Å². The van der Waals surface area contributed by atoms with E-state index in [4.69, 9.17) is 9.47 Å². The third-order valence-corrected chi connectivity index (χ3v) is 5.26. The summed E-state index contributed by atoms with van der Waals surface area (Å²) in [7, 11) is 0. The number of ether oxygens (including phenoxy) is 2. The molecule has 0 spiro atoms. The lowest BCUT2D eigenvalue weighted by atomic mass is 9.86. The molecule has 6 heteroatoms. The Morgan fingerprint density at radius 3 is 2.43 bits per heavy atom. The summed E-state index contributed by atoms with van der Waals surface area (Å²) in [5, 5.41) is 5.68. The van der Waals surface area contributed by atoms with Crippen molar-refractivity contribution < 1.29 is 14.3 Å². The summed E-state index contributed by atoms with van der Waals surface area (Å²) in [6, 6.07) is 28.1. The minimum absolute atomic E-state index is 0.107. The van der Waals surface area contributed by atoms with Crippen LogP contribution in [0.3, 0.4) is 0 Å². The first-order chi connectivity index (χ1) is 16.9. The zero-order valence-electron chi connectivity index (χ0n) is 20.1. The molecule has 0 radical (unpaired) electrons. The van der Waals surface area contributed by atoms with Gasteiger partial charge in [-0.1, -0.05) is 75.4 Å². The minimum Gasteiger partial charge on any atom is -0.489 e. The number of pyridine rings is 1. The van der Waals surface area contributed by atoms with E-state index in [2.05, 4.69) is 36.4 Å². The number of carbonyl (C=O) groups is 1. The number of benzene rings is 3. The largest absolute Gasteiger partial charge is 0.489 e. The van der Waals surface area contributed by atoms with Gasteiger partial charge in [0.1, 0.15) is 23.8 Å². The van der Waals surface area contributed by atoms with Crippen molar-refractivity contribution in [2.24, 2.45) is 0 Å². The molecule has 0 aliphatic carbocycles. The maximum atomic E-state index is 12.8. The average Bonchev–Trinajstić information content (AvgIpc) is 2.84. The molecule has 1 heterocycles. The Morgan fingerprint density at radius 2 is 1.63 bits per heavy atom. The molecule has 2 N–H and O–H groups in total. The fourth-order valence-electron chi connectivity index (χ4n) is 3.54. The second-order valence-corrected chi connectivity index (χ2v) is 9.09. The number of hydrogen-bond acceptors (Lipinski definition) is 4. The maximum Gasteiger partial charge on any atom is 0.323 e. The van der Waals surface area contributed by atoms with Gasteiger partial charge in [-0.05, 0) is 41.3 Å². The van der Waals surface area contributed by atoms with Gasteiger partial charge in [-0.15, -0.1) is 0 Å². The number of carbonyl (C=O) groups excluding carboxylic acids is 1. The van der Waals surface area contributed by atoms with E-state index < -0.39 is 6.03 Å². The molecule has 1 aromatic heterocycles. The molecular formula is C29H29N3O3. The molecule has 0 saturated carbocycles. The van der Waals surface area contributed by atoms with Crippen LogP contribution >= 0.6 is 0 Å². The third kappa shape index (κ3) is 6.60. The topological polar surface area (TPSA) is 72.5 Å². The van der Waals surface area contributed by atoms with Crippen molar-refractivity contribution in [3.05, 3.63) is 108 Å². The number of nitrogens with zero attached hydrogens (tertiary/aromatic N) is 1. The van der Waals surface area contributed by atoms with Gasteiger partial charge >= 0.3 is 6.03 Å². The molecule has 3 aromatic carbocycles. The Hall–Kier alpha value is -4.32. The lowest BCUT2D eigenvalue weighted by molar-refractivity contribution is 0.262. The fourth-order valence-corrected chi connectivity index (χ4v) is 3.54. The van der Waals surface area contributed by atoms with E-state index >= 15 is 0 Å². The first kappa shape index (κ1) is 23.8. The number of aromatic nitrogens is 1. The van der Waals surface area contributed by atoms with E-state index in [1.54, 1.807) is 30.5 Å². The SMILES string of the molecule is CC(C)(C)c1ccccc1Oc1ncccc1NC(=O)Nc1cccc(OCc2ccccc2)c1. The molecule has 6 nitrogen and oxygen atoms in total. The normalized spacial score (nSPS) is 10.9. The number of hydrogen-bond donors (Lipinski definition) is 2. The molecule has 0 saturated heterocycles. The lowest BCUT2D eigenvalue weighted by Gasteiger charge is -2.22. The summed E-state index contributed by atoms with van der Waals surface area (Å²) in [5.41, 5.74) is 3.08. The molecule has 0 aliphatic heterocycles. The number of anilines is 2. The lowest BCUT2D eigenvalue weighted by Crippen LogP contribution is -2.20. The van der Waals surface area contributed by atoms with E-state index in [0.29, 0.717) is 35.4 Å². The minimum atomic E-state index is -0.410.